The van der Waals surface area contributed by atoms with Crippen molar-refractivity contribution in [3.8, 4) is 5.69 Å². The van der Waals surface area contributed by atoms with Gasteiger partial charge in [0.25, 0.3) is 5.56 Å². The maximum absolute atomic E-state index is 13.9. The summed E-state index contributed by atoms with van der Waals surface area (Å²) in [5.74, 6) is -1.17. The number of aryl methyl sites for hydroxylation is 2. The Hall–Kier alpha value is -3.23. The second kappa shape index (κ2) is 8.13. The number of carbonyl (C=O) groups is 1. The third-order valence-electron chi connectivity index (χ3n) is 4.97. The molecule has 1 amide bonds. The van der Waals surface area contributed by atoms with E-state index in [9.17, 15) is 18.8 Å². The number of nitrogens with one attached hydrogen (secondary N) is 1. The van der Waals surface area contributed by atoms with Crippen molar-refractivity contribution in [2.24, 2.45) is 0 Å². The number of thiophene rings is 1. The van der Waals surface area contributed by atoms with Gasteiger partial charge in [0.1, 0.15) is 17.2 Å². The SMILES string of the molecule is Cc1sc2c(c1C)c(=O)n(-c1cccc(Cl)c1)c(=O)n2CC(=O)Nc1ccccc1F. The number of carbonyl (C=O) groups excluding carboxylic acids is 1. The van der Waals surface area contributed by atoms with Gasteiger partial charge >= 0.3 is 5.69 Å². The van der Waals surface area contributed by atoms with Crippen LogP contribution in [0.1, 0.15) is 10.4 Å². The summed E-state index contributed by atoms with van der Waals surface area (Å²) in [6.45, 7) is 3.26. The number of fused-ring (bicyclic) bond motifs is 1. The number of halogens is 2. The molecule has 2 aromatic carbocycles. The van der Waals surface area contributed by atoms with Crippen molar-refractivity contribution < 1.29 is 9.18 Å². The average Bonchev–Trinajstić information content (AvgIpc) is 3.02. The van der Waals surface area contributed by atoms with Gasteiger partial charge in [-0.25, -0.2) is 13.8 Å². The number of anilines is 1. The second-order valence-electron chi connectivity index (χ2n) is 6.98. The number of hydrogen-bond donors (Lipinski definition) is 1. The quantitative estimate of drug-likeness (QED) is 0.497. The lowest BCUT2D eigenvalue weighted by molar-refractivity contribution is -0.116. The number of aromatic nitrogens is 2. The van der Waals surface area contributed by atoms with E-state index in [-0.39, 0.29) is 12.2 Å². The Morgan fingerprint density at radius 1 is 1.13 bits per heavy atom. The average molecular weight is 458 g/mol. The van der Waals surface area contributed by atoms with Crippen LogP contribution in [0.4, 0.5) is 10.1 Å². The van der Waals surface area contributed by atoms with E-state index in [0.717, 1.165) is 15.0 Å². The van der Waals surface area contributed by atoms with Crippen molar-refractivity contribution >= 4 is 44.7 Å². The summed E-state index contributed by atoms with van der Waals surface area (Å²) in [7, 11) is 0. The minimum Gasteiger partial charge on any atom is -0.322 e. The summed E-state index contributed by atoms with van der Waals surface area (Å²) >= 11 is 7.32. The summed E-state index contributed by atoms with van der Waals surface area (Å²) in [6, 6.07) is 12.1. The summed E-state index contributed by atoms with van der Waals surface area (Å²) in [5.41, 5.74) is -0.0990. The molecular weight excluding hydrogens is 441 g/mol. The lowest BCUT2D eigenvalue weighted by Crippen LogP contribution is -2.40. The van der Waals surface area contributed by atoms with Crippen LogP contribution >= 0.6 is 22.9 Å². The molecule has 4 aromatic rings. The molecule has 158 valence electrons. The van der Waals surface area contributed by atoms with Crippen LogP contribution in [0.2, 0.25) is 5.02 Å². The first-order valence-corrected chi connectivity index (χ1v) is 10.5. The predicted molar refractivity (Wildman–Crippen MR) is 121 cm³/mol. The van der Waals surface area contributed by atoms with Crippen molar-refractivity contribution in [1.82, 2.24) is 9.13 Å². The van der Waals surface area contributed by atoms with Crippen molar-refractivity contribution in [2.45, 2.75) is 20.4 Å². The van der Waals surface area contributed by atoms with Crippen LogP contribution in [-0.4, -0.2) is 15.0 Å². The first kappa shape index (κ1) is 21.0. The van der Waals surface area contributed by atoms with Crippen LogP contribution in [0.15, 0.2) is 58.1 Å². The molecule has 9 heteroatoms. The molecule has 0 spiro atoms. The Kier molecular flexibility index (Phi) is 5.51. The smallest absolute Gasteiger partial charge is 0.322 e. The molecule has 0 unspecified atom stereocenters. The van der Waals surface area contributed by atoms with Gasteiger partial charge in [0.2, 0.25) is 5.91 Å². The van der Waals surface area contributed by atoms with Gasteiger partial charge in [0, 0.05) is 9.90 Å². The Balaban J connectivity index is 1.89. The standard InChI is InChI=1S/C22H17ClFN3O3S/c1-12-13(2)31-21-19(12)20(29)27(15-7-5-6-14(23)10-15)22(30)26(21)11-18(28)25-17-9-4-3-8-16(17)24/h3-10H,11H2,1-2H3,(H,25,28). The summed E-state index contributed by atoms with van der Waals surface area (Å²) in [6.07, 6.45) is 0. The lowest BCUT2D eigenvalue weighted by atomic mass is 10.2. The van der Waals surface area contributed by atoms with Crippen LogP contribution < -0.4 is 16.6 Å². The van der Waals surface area contributed by atoms with Gasteiger partial charge in [-0.3, -0.25) is 14.2 Å². The van der Waals surface area contributed by atoms with E-state index >= 15 is 0 Å². The highest BCUT2D eigenvalue weighted by atomic mass is 35.5. The molecule has 4 rings (SSSR count). The van der Waals surface area contributed by atoms with Crippen molar-refractivity contribution in [3.05, 3.63) is 90.6 Å². The number of para-hydroxylation sites is 1. The zero-order valence-corrected chi connectivity index (χ0v) is 18.2. The summed E-state index contributed by atoms with van der Waals surface area (Å²) in [5, 5.41) is 3.21. The number of benzene rings is 2. The summed E-state index contributed by atoms with van der Waals surface area (Å²) < 4.78 is 16.2. The monoisotopic (exact) mass is 457 g/mol. The number of nitrogens with zero attached hydrogens (tertiary/aromatic N) is 2. The Morgan fingerprint density at radius 2 is 1.87 bits per heavy atom. The molecule has 6 nitrogen and oxygen atoms in total. The molecule has 0 radical (unpaired) electrons. The molecule has 0 fully saturated rings. The molecule has 0 saturated carbocycles. The van der Waals surface area contributed by atoms with Gasteiger partial charge in [-0.2, -0.15) is 0 Å². The van der Waals surface area contributed by atoms with Crippen LogP contribution in [0.5, 0.6) is 0 Å². The highest BCUT2D eigenvalue weighted by Crippen LogP contribution is 2.27. The Labute approximate surface area is 185 Å². The minimum absolute atomic E-state index is 0.0125. The molecule has 0 aliphatic carbocycles. The van der Waals surface area contributed by atoms with Crippen molar-refractivity contribution in [1.29, 1.82) is 0 Å². The maximum atomic E-state index is 13.9. The van der Waals surface area contributed by atoms with Gasteiger partial charge < -0.3 is 5.32 Å². The van der Waals surface area contributed by atoms with Gasteiger partial charge in [0.05, 0.1) is 16.8 Å². The molecular formula is C22H17ClFN3O3S. The predicted octanol–water partition coefficient (Wildman–Crippen LogP) is 4.26. The third kappa shape index (κ3) is 3.80. The van der Waals surface area contributed by atoms with Crippen LogP contribution in [0.3, 0.4) is 0 Å². The first-order valence-electron chi connectivity index (χ1n) is 9.34. The number of rotatable bonds is 4. The minimum atomic E-state index is -0.676. The fourth-order valence-electron chi connectivity index (χ4n) is 3.34. The third-order valence-corrected chi connectivity index (χ3v) is 6.43. The number of amides is 1. The van der Waals surface area contributed by atoms with Gasteiger partial charge in [-0.15, -0.1) is 11.3 Å². The van der Waals surface area contributed by atoms with E-state index < -0.39 is 23.0 Å². The topological polar surface area (TPSA) is 73.1 Å². The van der Waals surface area contributed by atoms with E-state index in [0.29, 0.717) is 20.9 Å². The van der Waals surface area contributed by atoms with Crippen LogP contribution in [0, 0.1) is 19.7 Å². The molecule has 0 bridgehead atoms. The molecule has 2 aromatic heterocycles. The van der Waals surface area contributed by atoms with Gasteiger partial charge in [-0.1, -0.05) is 29.8 Å². The highest BCUT2D eigenvalue weighted by molar-refractivity contribution is 7.18. The molecule has 1 N–H and O–H groups in total. The first-order chi connectivity index (χ1) is 14.8. The Bertz CT molecular complexity index is 1450. The molecule has 0 saturated heterocycles. The van der Waals surface area contributed by atoms with Crippen molar-refractivity contribution in [3.63, 3.8) is 0 Å². The highest BCUT2D eigenvalue weighted by Gasteiger charge is 2.21. The van der Waals surface area contributed by atoms with E-state index in [1.807, 2.05) is 6.92 Å². The second-order valence-corrected chi connectivity index (χ2v) is 8.62. The Morgan fingerprint density at radius 3 is 2.58 bits per heavy atom. The van der Waals surface area contributed by atoms with Crippen LogP contribution in [0.25, 0.3) is 15.9 Å². The lowest BCUT2D eigenvalue weighted by Gasteiger charge is -2.13. The zero-order valence-electron chi connectivity index (χ0n) is 16.6. The fraction of sp³-hybridized carbons (Fsp3) is 0.136. The van der Waals surface area contributed by atoms with Crippen molar-refractivity contribution in [2.75, 3.05) is 5.32 Å². The normalized spacial score (nSPS) is 11.1. The molecule has 0 atom stereocenters. The van der Waals surface area contributed by atoms with Gasteiger partial charge in [-0.05, 0) is 49.7 Å². The van der Waals surface area contributed by atoms with E-state index in [2.05, 4.69) is 5.32 Å². The molecule has 31 heavy (non-hydrogen) atoms. The zero-order chi connectivity index (χ0) is 22.3. The largest absolute Gasteiger partial charge is 0.337 e. The molecule has 0 aliphatic heterocycles. The van der Waals surface area contributed by atoms with E-state index in [1.54, 1.807) is 31.2 Å². The molecule has 2 heterocycles. The van der Waals surface area contributed by atoms with E-state index in [1.165, 1.54) is 40.2 Å². The fourth-order valence-corrected chi connectivity index (χ4v) is 4.66. The van der Waals surface area contributed by atoms with Gasteiger partial charge in [0.15, 0.2) is 0 Å². The van der Waals surface area contributed by atoms with E-state index in [4.69, 9.17) is 11.6 Å². The maximum Gasteiger partial charge on any atom is 0.337 e. The van der Waals surface area contributed by atoms with Crippen LogP contribution in [-0.2, 0) is 11.3 Å². The molecule has 0 aliphatic rings. The number of hydrogen-bond acceptors (Lipinski definition) is 4. The summed E-state index contributed by atoms with van der Waals surface area (Å²) in [4.78, 5) is 40.5.